The number of fused-ring (bicyclic) bond motifs is 2. The van der Waals surface area contributed by atoms with Crippen LogP contribution in [0.1, 0.15) is 57.8 Å². The highest BCUT2D eigenvalue weighted by Crippen LogP contribution is 2.50. The predicted molar refractivity (Wildman–Crippen MR) is 67.8 cm³/mol. The molecule has 3 rings (SSSR count). The molecule has 98 valence electrons. The van der Waals surface area contributed by atoms with Crippen molar-refractivity contribution in [3.8, 4) is 0 Å². The van der Waals surface area contributed by atoms with Crippen LogP contribution in [-0.4, -0.2) is 23.9 Å². The molecule has 3 saturated carbocycles. The summed E-state index contributed by atoms with van der Waals surface area (Å²) in [5.41, 5.74) is 0.0387. The van der Waals surface area contributed by atoms with E-state index < -0.39 is 0 Å². The van der Waals surface area contributed by atoms with Gasteiger partial charge < -0.3 is 9.84 Å². The van der Waals surface area contributed by atoms with E-state index in [-0.39, 0.29) is 11.7 Å². The van der Waals surface area contributed by atoms with Crippen LogP contribution in [0.15, 0.2) is 0 Å². The van der Waals surface area contributed by atoms with Gasteiger partial charge in [0, 0.05) is 13.5 Å². The third-order valence-corrected chi connectivity index (χ3v) is 5.76. The fourth-order valence-corrected chi connectivity index (χ4v) is 4.59. The van der Waals surface area contributed by atoms with Crippen molar-refractivity contribution in [3.05, 3.63) is 0 Å². The van der Waals surface area contributed by atoms with Crippen LogP contribution < -0.4 is 0 Å². The topological polar surface area (TPSA) is 29.5 Å². The maximum atomic E-state index is 10.3. The molecule has 4 unspecified atom stereocenters. The van der Waals surface area contributed by atoms with E-state index >= 15 is 0 Å². The highest BCUT2D eigenvalue weighted by molar-refractivity contribution is 4.94. The molecule has 0 aromatic heterocycles. The Labute approximate surface area is 105 Å². The Morgan fingerprint density at radius 3 is 2.59 bits per heavy atom. The van der Waals surface area contributed by atoms with Crippen molar-refractivity contribution in [2.75, 3.05) is 7.11 Å². The van der Waals surface area contributed by atoms with Crippen molar-refractivity contribution < 1.29 is 9.84 Å². The first-order valence-electron chi connectivity index (χ1n) is 7.44. The first kappa shape index (κ1) is 12.0. The zero-order valence-corrected chi connectivity index (χ0v) is 11.0. The molecule has 2 bridgehead atoms. The SMILES string of the molecule is COC1(CC(O)CC2CC3CCC2C3)CCC1. The Morgan fingerprint density at radius 1 is 1.29 bits per heavy atom. The standard InChI is InChI=1S/C15H26O2/c1-17-15(5-2-6-15)10-14(16)9-13-8-11-3-4-12(13)7-11/h11-14,16H,2-10H2,1H3. The van der Waals surface area contributed by atoms with Gasteiger partial charge in [-0.1, -0.05) is 6.42 Å². The first-order chi connectivity index (χ1) is 8.21. The smallest absolute Gasteiger partial charge is 0.0703 e. The van der Waals surface area contributed by atoms with E-state index in [1.807, 2.05) is 7.11 Å². The Kier molecular flexibility index (Phi) is 3.20. The second-order valence-electron chi connectivity index (χ2n) is 6.77. The Morgan fingerprint density at radius 2 is 2.12 bits per heavy atom. The Hall–Kier alpha value is -0.0800. The molecule has 3 aliphatic rings. The fraction of sp³-hybridized carbons (Fsp3) is 1.00. The average molecular weight is 238 g/mol. The summed E-state index contributed by atoms with van der Waals surface area (Å²) < 4.78 is 5.61. The number of ether oxygens (including phenoxy) is 1. The molecule has 3 aliphatic carbocycles. The number of methoxy groups -OCH3 is 1. The summed E-state index contributed by atoms with van der Waals surface area (Å²) >= 11 is 0. The molecular weight excluding hydrogens is 212 g/mol. The number of rotatable bonds is 5. The number of hydrogen-bond donors (Lipinski definition) is 1. The van der Waals surface area contributed by atoms with Gasteiger partial charge in [0.1, 0.15) is 0 Å². The summed E-state index contributed by atoms with van der Waals surface area (Å²) in [4.78, 5) is 0. The molecule has 1 N–H and O–H groups in total. The minimum atomic E-state index is -0.125. The molecule has 0 aromatic rings. The van der Waals surface area contributed by atoms with Crippen LogP contribution in [0, 0.1) is 17.8 Å². The molecule has 0 amide bonds. The molecule has 0 radical (unpaired) electrons. The van der Waals surface area contributed by atoms with Crippen molar-refractivity contribution in [1.29, 1.82) is 0 Å². The molecule has 0 aromatic carbocycles. The zero-order chi connectivity index (χ0) is 11.9. The van der Waals surface area contributed by atoms with E-state index in [0.29, 0.717) is 0 Å². The number of aliphatic hydroxyl groups excluding tert-OH is 1. The van der Waals surface area contributed by atoms with Gasteiger partial charge in [-0.25, -0.2) is 0 Å². The van der Waals surface area contributed by atoms with Crippen LogP contribution >= 0.6 is 0 Å². The lowest BCUT2D eigenvalue weighted by molar-refractivity contribution is -0.102. The minimum Gasteiger partial charge on any atom is -0.393 e. The van der Waals surface area contributed by atoms with Gasteiger partial charge in [-0.3, -0.25) is 0 Å². The first-order valence-corrected chi connectivity index (χ1v) is 7.44. The van der Waals surface area contributed by atoms with Crippen molar-refractivity contribution >= 4 is 0 Å². The van der Waals surface area contributed by atoms with Crippen molar-refractivity contribution in [1.82, 2.24) is 0 Å². The highest BCUT2D eigenvalue weighted by Gasteiger charge is 2.43. The van der Waals surface area contributed by atoms with Gasteiger partial charge in [-0.15, -0.1) is 0 Å². The van der Waals surface area contributed by atoms with Crippen LogP contribution in [0.3, 0.4) is 0 Å². The summed E-state index contributed by atoms with van der Waals surface area (Å²) in [6.45, 7) is 0. The molecule has 3 fully saturated rings. The normalized spacial score (nSPS) is 40.2. The Bertz CT molecular complexity index is 267. The van der Waals surface area contributed by atoms with Crippen LogP contribution in [0.5, 0.6) is 0 Å². The second kappa shape index (κ2) is 4.55. The van der Waals surface area contributed by atoms with Gasteiger partial charge in [0.2, 0.25) is 0 Å². The largest absolute Gasteiger partial charge is 0.393 e. The van der Waals surface area contributed by atoms with Crippen LogP contribution in [0.25, 0.3) is 0 Å². The Balaban J connectivity index is 1.48. The monoisotopic (exact) mass is 238 g/mol. The molecule has 2 heteroatoms. The van der Waals surface area contributed by atoms with Crippen LogP contribution in [0.2, 0.25) is 0 Å². The van der Waals surface area contributed by atoms with E-state index in [2.05, 4.69) is 0 Å². The van der Waals surface area contributed by atoms with Gasteiger partial charge in [0.15, 0.2) is 0 Å². The van der Waals surface area contributed by atoms with E-state index in [1.165, 1.54) is 32.1 Å². The average Bonchev–Trinajstić information content (AvgIpc) is 2.85. The lowest BCUT2D eigenvalue weighted by Crippen LogP contribution is -2.42. The summed E-state index contributed by atoms with van der Waals surface area (Å²) in [7, 11) is 1.81. The molecular formula is C15H26O2. The predicted octanol–water partition coefficient (Wildman–Crippen LogP) is 3.13. The van der Waals surface area contributed by atoms with Gasteiger partial charge in [0.25, 0.3) is 0 Å². The van der Waals surface area contributed by atoms with Crippen molar-refractivity contribution in [2.24, 2.45) is 17.8 Å². The molecule has 0 heterocycles. The quantitative estimate of drug-likeness (QED) is 0.797. The van der Waals surface area contributed by atoms with E-state index in [4.69, 9.17) is 4.74 Å². The molecule has 0 spiro atoms. The lowest BCUT2D eigenvalue weighted by atomic mass is 9.74. The van der Waals surface area contributed by atoms with Gasteiger partial charge in [0.05, 0.1) is 11.7 Å². The van der Waals surface area contributed by atoms with Crippen molar-refractivity contribution in [3.63, 3.8) is 0 Å². The van der Waals surface area contributed by atoms with Gasteiger partial charge >= 0.3 is 0 Å². The summed E-state index contributed by atoms with van der Waals surface area (Å²) in [6.07, 6.45) is 11.1. The van der Waals surface area contributed by atoms with Crippen LogP contribution in [0.4, 0.5) is 0 Å². The summed E-state index contributed by atoms with van der Waals surface area (Å²) in [6, 6.07) is 0. The number of aliphatic hydroxyl groups is 1. The molecule has 0 saturated heterocycles. The van der Waals surface area contributed by atoms with Crippen molar-refractivity contribution in [2.45, 2.75) is 69.5 Å². The third-order valence-electron chi connectivity index (χ3n) is 5.76. The molecule has 17 heavy (non-hydrogen) atoms. The van der Waals surface area contributed by atoms with E-state index in [9.17, 15) is 5.11 Å². The maximum Gasteiger partial charge on any atom is 0.0703 e. The molecule has 2 nitrogen and oxygen atoms in total. The minimum absolute atomic E-state index is 0.0387. The van der Waals surface area contributed by atoms with Gasteiger partial charge in [-0.2, -0.15) is 0 Å². The van der Waals surface area contributed by atoms with Crippen LogP contribution in [-0.2, 0) is 4.74 Å². The molecule has 4 atom stereocenters. The fourth-order valence-electron chi connectivity index (χ4n) is 4.59. The van der Waals surface area contributed by atoms with E-state index in [1.54, 1.807) is 0 Å². The van der Waals surface area contributed by atoms with Gasteiger partial charge in [-0.05, 0) is 62.7 Å². The highest BCUT2D eigenvalue weighted by atomic mass is 16.5. The summed E-state index contributed by atoms with van der Waals surface area (Å²) in [5, 5.41) is 10.3. The summed E-state index contributed by atoms with van der Waals surface area (Å²) in [5.74, 6) is 2.75. The zero-order valence-electron chi connectivity index (χ0n) is 11.0. The maximum absolute atomic E-state index is 10.3. The molecule has 0 aliphatic heterocycles. The van der Waals surface area contributed by atoms with E-state index in [0.717, 1.165) is 43.4 Å². The number of hydrogen-bond acceptors (Lipinski definition) is 2. The second-order valence-corrected chi connectivity index (χ2v) is 6.77. The third kappa shape index (κ3) is 2.26. The lowest BCUT2D eigenvalue weighted by Gasteiger charge is -2.42.